The average molecular weight is 214 g/mol. The first-order valence-corrected chi connectivity index (χ1v) is 4.37. The van der Waals surface area contributed by atoms with E-state index in [0.717, 1.165) is 0 Å². The molecule has 0 aliphatic rings. The SMILES string of the molecule is O=[N+]([O-])c1cc(CF)ccc1NCCO. The van der Waals surface area contributed by atoms with Crippen LogP contribution >= 0.6 is 0 Å². The Hall–Kier alpha value is -1.69. The summed E-state index contributed by atoms with van der Waals surface area (Å²) in [6.07, 6.45) is 0. The van der Waals surface area contributed by atoms with Crippen molar-refractivity contribution in [3.8, 4) is 0 Å². The number of nitro benzene ring substituents is 1. The zero-order valence-corrected chi connectivity index (χ0v) is 7.94. The summed E-state index contributed by atoms with van der Waals surface area (Å²) in [4.78, 5) is 10.0. The van der Waals surface area contributed by atoms with Crippen molar-refractivity contribution < 1.29 is 14.4 Å². The molecular formula is C9H11FN2O3. The van der Waals surface area contributed by atoms with Crippen LogP contribution in [0.4, 0.5) is 15.8 Å². The van der Waals surface area contributed by atoms with E-state index in [1.54, 1.807) is 0 Å². The molecule has 0 amide bonds. The Morgan fingerprint density at radius 3 is 2.80 bits per heavy atom. The third kappa shape index (κ3) is 2.88. The van der Waals surface area contributed by atoms with Gasteiger partial charge in [-0.3, -0.25) is 10.1 Å². The second-order valence-electron chi connectivity index (χ2n) is 2.89. The van der Waals surface area contributed by atoms with Crippen molar-refractivity contribution in [3.63, 3.8) is 0 Å². The van der Waals surface area contributed by atoms with E-state index in [-0.39, 0.29) is 30.1 Å². The Labute approximate surface area is 85.7 Å². The van der Waals surface area contributed by atoms with Gasteiger partial charge in [0.05, 0.1) is 11.5 Å². The minimum Gasteiger partial charge on any atom is -0.395 e. The van der Waals surface area contributed by atoms with Crippen LogP contribution in [0.3, 0.4) is 0 Å². The molecule has 1 aromatic rings. The first-order chi connectivity index (χ1) is 7.19. The molecule has 0 bridgehead atoms. The van der Waals surface area contributed by atoms with Crippen molar-refractivity contribution in [1.29, 1.82) is 0 Å². The Morgan fingerprint density at radius 1 is 1.53 bits per heavy atom. The highest BCUT2D eigenvalue weighted by atomic mass is 19.1. The van der Waals surface area contributed by atoms with Crippen LogP contribution in [-0.2, 0) is 6.67 Å². The van der Waals surface area contributed by atoms with Gasteiger partial charge in [-0.05, 0) is 11.6 Å². The number of nitrogens with zero attached hydrogens (tertiary/aromatic N) is 1. The third-order valence-electron chi connectivity index (χ3n) is 1.84. The molecule has 1 aromatic carbocycles. The van der Waals surface area contributed by atoms with E-state index < -0.39 is 11.6 Å². The number of hydrogen-bond acceptors (Lipinski definition) is 4. The maximum Gasteiger partial charge on any atom is 0.292 e. The summed E-state index contributed by atoms with van der Waals surface area (Å²) < 4.78 is 12.3. The minimum atomic E-state index is -0.735. The zero-order chi connectivity index (χ0) is 11.3. The first-order valence-electron chi connectivity index (χ1n) is 4.37. The number of rotatable bonds is 5. The second-order valence-corrected chi connectivity index (χ2v) is 2.89. The lowest BCUT2D eigenvalue weighted by Crippen LogP contribution is -2.07. The standard InChI is InChI=1S/C9H11FN2O3/c10-6-7-1-2-8(11-3-4-13)9(5-7)12(14)15/h1-2,5,11,13H,3-4,6H2. The molecule has 2 N–H and O–H groups in total. The van der Waals surface area contributed by atoms with Crippen LogP contribution in [0, 0.1) is 10.1 Å². The van der Waals surface area contributed by atoms with Gasteiger partial charge < -0.3 is 10.4 Å². The van der Waals surface area contributed by atoms with Crippen molar-refractivity contribution in [3.05, 3.63) is 33.9 Å². The molecule has 1 rings (SSSR count). The van der Waals surface area contributed by atoms with Gasteiger partial charge in [-0.2, -0.15) is 0 Å². The van der Waals surface area contributed by atoms with Gasteiger partial charge in [0.25, 0.3) is 5.69 Å². The molecular weight excluding hydrogens is 203 g/mol. The van der Waals surface area contributed by atoms with Crippen LogP contribution in [0.1, 0.15) is 5.56 Å². The Morgan fingerprint density at radius 2 is 2.27 bits per heavy atom. The van der Waals surface area contributed by atoms with Gasteiger partial charge in [0.1, 0.15) is 12.4 Å². The van der Waals surface area contributed by atoms with E-state index in [0.29, 0.717) is 0 Å². The number of anilines is 1. The largest absolute Gasteiger partial charge is 0.395 e. The number of nitro groups is 1. The van der Waals surface area contributed by atoms with Gasteiger partial charge in [0, 0.05) is 12.6 Å². The van der Waals surface area contributed by atoms with Gasteiger partial charge in [0.15, 0.2) is 0 Å². The summed E-state index contributed by atoms with van der Waals surface area (Å²) in [7, 11) is 0. The van der Waals surface area contributed by atoms with Crippen LogP contribution < -0.4 is 5.32 Å². The summed E-state index contributed by atoms with van der Waals surface area (Å²) in [6, 6.07) is 4.08. The summed E-state index contributed by atoms with van der Waals surface area (Å²) in [6.45, 7) is -0.640. The molecule has 0 aromatic heterocycles. The van der Waals surface area contributed by atoms with Crippen molar-refractivity contribution >= 4 is 11.4 Å². The highest BCUT2D eigenvalue weighted by molar-refractivity contribution is 5.62. The van der Waals surface area contributed by atoms with E-state index >= 15 is 0 Å². The fraction of sp³-hybridized carbons (Fsp3) is 0.333. The highest BCUT2D eigenvalue weighted by Gasteiger charge is 2.13. The molecule has 0 saturated carbocycles. The smallest absolute Gasteiger partial charge is 0.292 e. The minimum absolute atomic E-state index is 0.123. The van der Waals surface area contributed by atoms with Crippen LogP contribution in [0.25, 0.3) is 0 Å². The Kier molecular flexibility index (Phi) is 3.99. The van der Waals surface area contributed by atoms with Crippen molar-refractivity contribution in [2.75, 3.05) is 18.5 Å². The predicted octanol–water partition coefficient (Wildman–Crippen LogP) is 1.47. The van der Waals surface area contributed by atoms with E-state index in [1.165, 1.54) is 18.2 Å². The van der Waals surface area contributed by atoms with E-state index in [4.69, 9.17) is 5.11 Å². The van der Waals surface area contributed by atoms with Gasteiger partial charge >= 0.3 is 0 Å². The number of halogens is 1. The summed E-state index contributed by atoms with van der Waals surface area (Å²) in [5.41, 5.74) is 0.362. The number of alkyl halides is 1. The topological polar surface area (TPSA) is 75.4 Å². The van der Waals surface area contributed by atoms with Crippen LogP contribution in [0.15, 0.2) is 18.2 Å². The zero-order valence-electron chi connectivity index (χ0n) is 7.94. The lowest BCUT2D eigenvalue weighted by molar-refractivity contribution is -0.384. The van der Waals surface area contributed by atoms with Crippen molar-refractivity contribution in [2.45, 2.75) is 6.67 Å². The van der Waals surface area contributed by atoms with Crippen molar-refractivity contribution in [2.24, 2.45) is 0 Å². The molecule has 0 fully saturated rings. The number of nitrogens with one attached hydrogen (secondary N) is 1. The molecule has 0 spiro atoms. The van der Waals surface area contributed by atoms with Crippen molar-refractivity contribution in [1.82, 2.24) is 0 Å². The molecule has 15 heavy (non-hydrogen) atoms. The number of hydrogen-bond donors (Lipinski definition) is 2. The maximum atomic E-state index is 12.3. The fourth-order valence-corrected chi connectivity index (χ4v) is 1.15. The predicted molar refractivity (Wildman–Crippen MR) is 53.5 cm³/mol. The Balaban J connectivity index is 2.98. The van der Waals surface area contributed by atoms with Gasteiger partial charge in [0.2, 0.25) is 0 Å². The molecule has 0 aliphatic heterocycles. The van der Waals surface area contributed by atoms with E-state index in [9.17, 15) is 14.5 Å². The van der Waals surface area contributed by atoms with Crippen LogP contribution in [0.5, 0.6) is 0 Å². The molecule has 0 heterocycles. The lowest BCUT2D eigenvalue weighted by Gasteiger charge is -2.05. The summed E-state index contributed by atoms with van der Waals surface area (Å²) in [5, 5.41) is 21.9. The molecule has 5 nitrogen and oxygen atoms in total. The van der Waals surface area contributed by atoms with E-state index in [2.05, 4.69) is 5.32 Å². The normalized spacial score (nSPS) is 10.0. The third-order valence-corrected chi connectivity index (χ3v) is 1.84. The quantitative estimate of drug-likeness (QED) is 0.574. The second kappa shape index (κ2) is 5.26. The molecule has 0 radical (unpaired) electrons. The number of benzene rings is 1. The maximum absolute atomic E-state index is 12.3. The monoisotopic (exact) mass is 214 g/mol. The molecule has 6 heteroatoms. The van der Waals surface area contributed by atoms with Gasteiger partial charge in [-0.15, -0.1) is 0 Å². The lowest BCUT2D eigenvalue weighted by atomic mass is 10.2. The van der Waals surface area contributed by atoms with Crippen LogP contribution in [-0.4, -0.2) is 23.2 Å². The van der Waals surface area contributed by atoms with Gasteiger partial charge in [-0.25, -0.2) is 4.39 Å². The molecule has 82 valence electrons. The van der Waals surface area contributed by atoms with Gasteiger partial charge in [-0.1, -0.05) is 6.07 Å². The highest BCUT2D eigenvalue weighted by Crippen LogP contribution is 2.25. The number of aliphatic hydroxyl groups is 1. The summed E-state index contributed by atoms with van der Waals surface area (Å²) in [5.74, 6) is 0. The number of aliphatic hydroxyl groups excluding tert-OH is 1. The molecule has 0 unspecified atom stereocenters. The first kappa shape index (κ1) is 11.4. The van der Waals surface area contributed by atoms with E-state index in [1.807, 2.05) is 0 Å². The average Bonchev–Trinajstić information content (AvgIpc) is 2.26. The molecule has 0 atom stereocenters. The summed E-state index contributed by atoms with van der Waals surface area (Å²) >= 11 is 0. The fourth-order valence-electron chi connectivity index (χ4n) is 1.15. The molecule has 0 saturated heterocycles. The Bertz CT molecular complexity index is 357. The van der Waals surface area contributed by atoms with Crippen LogP contribution in [0.2, 0.25) is 0 Å². The molecule has 0 aliphatic carbocycles.